The van der Waals surface area contributed by atoms with E-state index in [2.05, 4.69) is 16.9 Å². The molecule has 0 saturated heterocycles. The van der Waals surface area contributed by atoms with Crippen LogP contribution in [0.2, 0.25) is 0 Å². The highest BCUT2D eigenvalue weighted by Gasteiger charge is 2.34. The van der Waals surface area contributed by atoms with Crippen LogP contribution in [-0.4, -0.2) is 11.0 Å². The fraction of sp³-hybridized carbons (Fsp3) is 0.533. The molecule has 0 aliphatic carbocycles. The predicted molar refractivity (Wildman–Crippen MR) is 74.4 cm³/mol. The first kappa shape index (κ1) is 16.7. The third-order valence-corrected chi connectivity index (χ3v) is 2.99. The second kappa shape index (κ2) is 6.88. The number of alkyl halides is 3. The zero-order valence-corrected chi connectivity index (χ0v) is 12.1. The lowest BCUT2D eigenvalue weighted by Gasteiger charge is -2.17. The van der Waals surface area contributed by atoms with Crippen molar-refractivity contribution in [1.29, 1.82) is 0 Å². The maximum atomic E-state index is 12.9. The van der Waals surface area contributed by atoms with Crippen LogP contribution in [0.5, 0.6) is 0 Å². The van der Waals surface area contributed by atoms with Gasteiger partial charge in [-0.1, -0.05) is 19.9 Å². The maximum Gasteiger partial charge on any atom is 0.418 e. The minimum atomic E-state index is -4.35. The average molecular weight is 286 g/mol. The molecule has 0 amide bonds. The van der Waals surface area contributed by atoms with Gasteiger partial charge < -0.3 is 5.32 Å². The average Bonchev–Trinajstić information content (AvgIpc) is 2.35. The summed E-state index contributed by atoms with van der Waals surface area (Å²) in [5.41, 5.74) is 0.0844. The summed E-state index contributed by atoms with van der Waals surface area (Å²) < 4.78 is 38.7. The predicted octanol–water partition coefficient (Wildman–Crippen LogP) is 4.28. The molecule has 0 aliphatic heterocycles. The number of hydrogen-bond acceptors (Lipinski definition) is 2. The number of nitrogens with zero attached hydrogens (tertiary/aromatic N) is 1. The highest BCUT2D eigenvalue weighted by atomic mass is 19.4. The third-order valence-electron chi connectivity index (χ3n) is 2.99. The van der Waals surface area contributed by atoms with Crippen LogP contribution in [0.15, 0.2) is 24.8 Å². The molecule has 2 nitrogen and oxygen atoms in total. The summed E-state index contributed by atoms with van der Waals surface area (Å²) in [5.74, 6) is -0.267. The van der Waals surface area contributed by atoms with E-state index >= 15 is 0 Å². The summed E-state index contributed by atoms with van der Waals surface area (Å²) in [6.07, 6.45) is -1.75. The van der Waals surface area contributed by atoms with Gasteiger partial charge in [-0.3, -0.25) is 4.98 Å². The van der Waals surface area contributed by atoms with Crippen molar-refractivity contribution >= 4 is 0 Å². The Morgan fingerprint density at radius 2 is 1.95 bits per heavy atom. The van der Waals surface area contributed by atoms with Crippen molar-refractivity contribution in [2.75, 3.05) is 0 Å². The summed E-state index contributed by atoms with van der Waals surface area (Å²) in [6, 6.07) is 2.78. The lowest BCUT2D eigenvalue weighted by atomic mass is 10.0. The first-order chi connectivity index (χ1) is 9.25. The normalized spacial score (nSPS) is 13.6. The molecule has 1 aromatic rings. The number of aromatic nitrogens is 1. The van der Waals surface area contributed by atoms with E-state index in [1.54, 1.807) is 19.9 Å². The molecule has 1 aromatic heterocycles. The molecule has 0 saturated carbocycles. The first-order valence-corrected chi connectivity index (χ1v) is 6.67. The molecule has 1 rings (SSSR count). The number of rotatable bonds is 6. The Morgan fingerprint density at radius 1 is 1.30 bits per heavy atom. The van der Waals surface area contributed by atoms with E-state index < -0.39 is 11.7 Å². The summed E-state index contributed by atoms with van der Waals surface area (Å²) in [4.78, 5) is 4.16. The summed E-state index contributed by atoms with van der Waals surface area (Å²) in [5, 5.41) is 3.21. The van der Waals surface area contributed by atoms with Crippen LogP contribution in [0, 0.1) is 0 Å². The van der Waals surface area contributed by atoms with E-state index in [0.29, 0.717) is 12.2 Å². The lowest BCUT2D eigenvalue weighted by molar-refractivity contribution is -0.138. The van der Waals surface area contributed by atoms with Gasteiger partial charge in [0.05, 0.1) is 17.0 Å². The van der Waals surface area contributed by atoms with Gasteiger partial charge in [0.15, 0.2) is 0 Å². The molecule has 1 heterocycles. The van der Waals surface area contributed by atoms with Gasteiger partial charge in [0.25, 0.3) is 0 Å². The molecule has 20 heavy (non-hydrogen) atoms. The Morgan fingerprint density at radius 3 is 2.45 bits per heavy atom. The Hall–Kier alpha value is -1.36. The van der Waals surface area contributed by atoms with Crippen LogP contribution >= 0.6 is 0 Å². The molecule has 0 fully saturated rings. The van der Waals surface area contributed by atoms with Gasteiger partial charge in [0, 0.05) is 12.6 Å². The fourth-order valence-corrected chi connectivity index (χ4v) is 1.91. The van der Waals surface area contributed by atoms with Crippen LogP contribution in [0.3, 0.4) is 0 Å². The molecular formula is C15H21F3N2. The monoisotopic (exact) mass is 286 g/mol. The molecule has 0 aromatic carbocycles. The molecule has 0 radical (unpaired) electrons. The van der Waals surface area contributed by atoms with E-state index in [4.69, 9.17) is 0 Å². The number of pyridine rings is 1. The van der Waals surface area contributed by atoms with E-state index in [1.165, 1.54) is 6.07 Å². The number of halogens is 3. The molecule has 112 valence electrons. The summed E-state index contributed by atoms with van der Waals surface area (Å²) in [7, 11) is 0. The molecule has 1 N–H and O–H groups in total. The maximum absolute atomic E-state index is 12.9. The van der Waals surface area contributed by atoms with Gasteiger partial charge in [-0.05, 0) is 31.4 Å². The molecular weight excluding hydrogens is 265 g/mol. The van der Waals surface area contributed by atoms with E-state index in [1.807, 2.05) is 6.92 Å². The lowest BCUT2D eigenvalue weighted by Crippen LogP contribution is -2.25. The van der Waals surface area contributed by atoms with Crippen LogP contribution < -0.4 is 5.32 Å². The Kier molecular flexibility index (Phi) is 5.74. The summed E-state index contributed by atoms with van der Waals surface area (Å²) >= 11 is 0. The van der Waals surface area contributed by atoms with Crippen molar-refractivity contribution in [3.8, 4) is 0 Å². The number of nitrogens with one attached hydrogen (secondary N) is 1. The van der Waals surface area contributed by atoms with E-state index in [-0.39, 0.29) is 17.7 Å². The quantitative estimate of drug-likeness (QED) is 0.790. The van der Waals surface area contributed by atoms with Crippen LogP contribution in [0.25, 0.3) is 0 Å². The number of hydrogen-bond donors (Lipinski definition) is 1. The van der Waals surface area contributed by atoms with E-state index in [9.17, 15) is 13.2 Å². The minimum Gasteiger partial charge on any atom is -0.308 e. The minimum absolute atomic E-state index is 0.105. The molecule has 1 unspecified atom stereocenters. The van der Waals surface area contributed by atoms with Crippen molar-refractivity contribution < 1.29 is 13.2 Å². The molecule has 0 bridgehead atoms. The topological polar surface area (TPSA) is 24.9 Å². The van der Waals surface area contributed by atoms with Crippen LogP contribution in [0.4, 0.5) is 13.2 Å². The standard InChI is InChI=1S/C15H21F3N2/c1-5-6-11(4)19-9-12-7-8-13(15(16,17)18)14(20-12)10(2)3/h5,7-8,10-11,19H,1,6,9H2,2-4H3. The Labute approximate surface area is 118 Å². The van der Waals surface area contributed by atoms with Crippen molar-refractivity contribution in [1.82, 2.24) is 10.3 Å². The van der Waals surface area contributed by atoms with Gasteiger partial charge in [0.2, 0.25) is 0 Å². The van der Waals surface area contributed by atoms with Crippen molar-refractivity contribution in [3.63, 3.8) is 0 Å². The third kappa shape index (κ3) is 4.63. The zero-order valence-electron chi connectivity index (χ0n) is 12.1. The molecule has 0 spiro atoms. The largest absolute Gasteiger partial charge is 0.418 e. The van der Waals surface area contributed by atoms with Gasteiger partial charge in [-0.15, -0.1) is 6.58 Å². The van der Waals surface area contributed by atoms with Crippen LogP contribution in [-0.2, 0) is 12.7 Å². The van der Waals surface area contributed by atoms with Crippen molar-refractivity contribution in [2.24, 2.45) is 0 Å². The Bertz CT molecular complexity index is 453. The van der Waals surface area contributed by atoms with Gasteiger partial charge >= 0.3 is 6.18 Å². The highest BCUT2D eigenvalue weighted by molar-refractivity contribution is 5.28. The van der Waals surface area contributed by atoms with E-state index in [0.717, 1.165) is 12.5 Å². The zero-order chi connectivity index (χ0) is 15.3. The fourth-order valence-electron chi connectivity index (χ4n) is 1.91. The van der Waals surface area contributed by atoms with Gasteiger partial charge in [-0.2, -0.15) is 13.2 Å². The molecule has 1 atom stereocenters. The first-order valence-electron chi connectivity index (χ1n) is 6.67. The smallest absolute Gasteiger partial charge is 0.308 e. The second-order valence-electron chi connectivity index (χ2n) is 5.19. The highest BCUT2D eigenvalue weighted by Crippen LogP contribution is 2.34. The second-order valence-corrected chi connectivity index (χ2v) is 5.19. The van der Waals surface area contributed by atoms with Crippen LogP contribution in [0.1, 0.15) is 50.1 Å². The molecule has 0 aliphatic rings. The van der Waals surface area contributed by atoms with Crippen molar-refractivity contribution in [3.05, 3.63) is 41.7 Å². The van der Waals surface area contributed by atoms with Gasteiger partial charge in [0.1, 0.15) is 0 Å². The van der Waals surface area contributed by atoms with Crippen molar-refractivity contribution in [2.45, 2.75) is 51.9 Å². The summed E-state index contributed by atoms with van der Waals surface area (Å²) in [6.45, 7) is 9.53. The van der Waals surface area contributed by atoms with Gasteiger partial charge in [-0.25, -0.2) is 0 Å². The molecule has 5 heteroatoms. The SMILES string of the molecule is C=CCC(C)NCc1ccc(C(F)(F)F)c(C(C)C)n1. The Balaban J connectivity index is 2.91.